The standard InChI is InChI=1S/C9H6NO.Tl/c1-2-4-8(5-3-1)9-6-7-11-10-9;/h1-6H;. The predicted molar refractivity (Wildman–Crippen MR) is 47.3 cm³/mol. The molecule has 0 radical (unpaired) electrons. The molecule has 3 heteroatoms. The van der Waals surface area contributed by atoms with Gasteiger partial charge in [-0.2, -0.15) is 0 Å². The molecule has 0 unspecified atom stereocenters. The molecule has 0 aliphatic heterocycles. The summed E-state index contributed by atoms with van der Waals surface area (Å²) in [4.78, 5) is 0. The van der Waals surface area contributed by atoms with Gasteiger partial charge in [-0.1, -0.05) is 0 Å². The molecule has 0 aliphatic rings. The van der Waals surface area contributed by atoms with Crippen molar-refractivity contribution in [1.82, 2.24) is 5.16 Å². The van der Waals surface area contributed by atoms with Gasteiger partial charge in [0.25, 0.3) is 0 Å². The fourth-order valence-corrected chi connectivity index (χ4v) is 1.85. The molecule has 0 spiro atoms. The molecule has 2 nitrogen and oxygen atoms in total. The third-order valence-electron chi connectivity index (χ3n) is 1.60. The van der Waals surface area contributed by atoms with Crippen LogP contribution in [0.1, 0.15) is 0 Å². The molecule has 0 fully saturated rings. The maximum absolute atomic E-state index is 5.04. The van der Waals surface area contributed by atoms with E-state index in [0.29, 0.717) is 0 Å². The van der Waals surface area contributed by atoms with E-state index >= 15 is 0 Å². The van der Waals surface area contributed by atoms with Gasteiger partial charge >= 0.3 is 86.4 Å². The normalized spacial score (nSPS) is 9.92. The summed E-state index contributed by atoms with van der Waals surface area (Å²) in [5.74, 6) is 0. The van der Waals surface area contributed by atoms with E-state index in [-0.39, 0.29) is 0 Å². The number of aromatic nitrogens is 1. The summed E-state index contributed by atoms with van der Waals surface area (Å²) in [5, 5.41) is 3.95. The fraction of sp³-hybridized carbons (Fsp3) is 0. The first-order valence-corrected chi connectivity index (χ1v) is 5.88. The number of hydrogen-bond acceptors (Lipinski definition) is 2. The second-order valence-electron chi connectivity index (χ2n) is 2.48. The molecule has 0 aliphatic carbocycles. The van der Waals surface area contributed by atoms with Crippen molar-refractivity contribution in [2.45, 2.75) is 0 Å². The zero-order valence-electron chi connectivity index (χ0n) is 6.40. The van der Waals surface area contributed by atoms with Crippen molar-refractivity contribution in [1.29, 1.82) is 0 Å². The van der Waals surface area contributed by atoms with E-state index in [2.05, 4.69) is 5.16 Å². The Bertz CT molecular complexity index is 369. The zero-order chi connectivity index (χ0) is 8.39. The van der Waals surface area contributed by atoms with Gasteiger partial charge in [0.1, 0.15) is 0 Å². The molecule has 0 N–H and O–H groups in total. The van der Waals surface area contributed by atoms with Crippen molar-refractivity contribution in [3.63, 3.8) is 0 Å². The summed E-state index contributed by atoms with van der Waals surface area (Å²) in [6.45, 7) is 0. The van der Waals surface area contributed by atoms with Crippen molar-refractivity contribution in [2.24, 2.45) is 0 Å². The molecule has 2 rings (SSSR count). The second-order valence-corrected chi connectivity index (χ2v) is 4.69. The van der Waals surface area contributed by atoms with E-state index in [1.54, 1.807) is 0 Å². The van der Waals surface area contributed by atoms with Gasteiger partial charge in [-0.3, -0.25) is 0 Å². The van der Waals surface area contributed by atoms with Crippen molar-refractivity contribution < 1.29 is 4.52 Å². The molecule has 0 bridgehead atoms. The van der Waals surface area contributed by atoms with Crippen molar-refractivity contribution >= 4 is 29.1 Å². The number of rotatable bonds is 1. The van der Waals surface area contributed by atoms with Gasteiger partial charge in [-0.05, 0) is 0 Å². The molecular weight excluding hydrogens is 342 g/mol. The third-order valence-corrected chi connectivity index (χ3v) is 2.66. The Morgan fingerprint density at radius 2 is 1.92 bits per heavy atom. The Morgan fingerprint density at radius 3 is 2.50 bits per heavy atom. The Labute approximate surface area is 86.3 Å². The van der Waals surface area contributed by atoms with Crippen LogP contribution >= 0.6 is 0 Å². The monoisotopic (exact) mass is 349 g/mol. The third kappa shape index (κ3) is 1.57. The van der Waals surface area contributed by atoms with E-state index in [9.17, 15) is 0 Å². The molecule has 1 aromatic carbocycles. The van der Waals surface area contributed by atoms with E-state index in [1.807, 2.05) is 36.4 Å². The zero-order valence-corrected chi connectivity index (χ0v) is 10.9. The van der Waals surface area contributed by atoms with E-state index in [0.717, 1.165) is 40.3 Å². The van der Waals surface area contributed by atoms with E-state index in [4.69, 9.17) is 4.52 Å². The van der Waals surface area contributed by atoms with E-state index < -0.39 is 0 Å². The molecule has 0 saturated heterocycles. The summed E-state index contributed by atoms with van der Waals surface area (Å²) in [5.41, 5.74) is 2.06. The van der Waals surface area contributed by atoms with Gasteiger partial charge in [-0.15, -0.1) is 0 Å². The van der Waals surface area contributed by atoms with Crippen molar-refractivity contribution in [2.75, 3.05) is 0 Å². The molecule has 1 heterocycles. The molecule has 1 aromatic heterocycles. The molecule has 2 aromatic rings. The van der Waals surface area contributed by atoms with E-state index in [1.165, 1.54) is 0 Å². The van der Waals surface area contributed by atoms with Crippen LogP contribution < -0.4 is 3.32 Å². The Hall–Kier alpha value is -0.648. The maximum atomic E-state index is 5.04. The minimum absolute atomic E-state index is 0.722. The van der Waals surface area contributed by atoms with Gasteiger partial charge in [-0.25, -0.2) is 0 Å². The van der Waals surface area contributed by atoms with Gasteiger partial charge in [0.05, 0.1) is 0 Å². The van der Waals surface area contributed by atoms with Crippen LogP contribution in [-0.4, -0.2) is 30.9 Å². The Morgan fingerprint density at radius 1 is 1.17 bits per heavy atom. The Balaban J connectivity index is 2.45. The van der Waals surface area contributed by atoms with Crippen LogP contribution in [0, 0.1) is 0 Å². The van der Waals surface area contributed by atoms with Gasteiger partial charge < -0.3 is 0 Å². The molecular formula is C9H6NOTl. The SMILES string of the molecule is [Tl][c]1cc(-c2ccccc2)no1. The van der Waals surface area contributed by atoms with Crippen LogP contribution in [0.5, 0.6) is 0 Å². The summed E-state index contributed by atoms with van der Waals surface area (Å²) in [6.07, 6.45) is 0. The molecule has 0 atom stereocenters. The molecule has 56 valence electrons. The van der Waals surface area contributed by atoms with Gasteiger partial charge in [0, 0.05) is 0 Å². The van der Waals surface area contributed by atoms with Crippen LogP contribution in [-0.2, 0) is 0 Å². The summed E-state index contributed by atoms with van der Waals surface area (Å²) < 4.78 is 6.05. The van der Waals surface area contributed by atoms with Crippen molar-refractivity contribution in [3.05, 3.63) is 36.4 Å². The van der Waals surface area contributed by atoms with Crippen LogP contribution in [0.4, 0.5) is 0 Å². The Kier molecular flexibility index (Phi) is 2.25. The first kappa shape index (κ1) is 7.97. The number of nitrogens with zero attached hydrogens (tertiary/aromatic N) is 1. The van der Waals surface area contributed by atoms with Crippen LogP contribution in [0.2, 0.25) is 0 Å². The van der Waals surface area contributed by atoms with Crippen LogP contribution in [0.15, 0.2) is 40.9 Å². The average molecular weight is 349 g/mol. The number of benzene rings is 1. The predicted octanol–water partition coefficient (Wildman–Crippen LogP) is 1.14. The molecule has 0 saturated carbocycles. The minimum atomic E-state index is 0.722. The van der Waals surface area contributed by atoms with Gasteiger partial charge in [0.15, 0.2) is 0 Å². The van der Waals surface area contributed by atoms with Crippen molar-refractivity contribution in [3.8, 4) is 11.3 Å². The first-order chi connectivity index (χ1) is 5.86. The molecule has 0 amide bonds. The number of hydrogen-bond donors (Lipinski definition) is 0. The summed E-state index contributed by atoms with van der Waals surface area (Å²) >= 11 is 0.722. The average Bonchev–Trinajstić information content (AvgIpc) is 2.54. The second kappa shape index (κ2) is 3.39. The van der Waals surface area contributed by atoms with Gasteiger partial charge in [0.2, 0.25) is 0 Å². The molecule has 12 heavy (non-hydrogen) atoms. The van der Waals surface area contributed by atoms with Crippen LogP contribution in [0.3, 0.4) is 0 Å². The van der Waals surface area contributed by atoms with Crippen LogP contribution in [0.25, 0.3) is 11.3 Å². The first-order valence-electron chi connectivity index (χ1n) is 3.64. The topological polar surface area (TPSA) is 26.0 Å². The quantitative estimate of drug-likeness (QED) is 0.722. The fourth-order valence-electron chi connectivity index (χ4n) is 1.03. The summed E-state index contributed by atoms with van der Waals surface area (Å²) in [7, 11) is 0. The summed E-state index contributed by atoms with van der Waals surface area (Å²) in [6, 6.07) is 12.1.